The fourth-order valence-corrected chi connectivity index (χ4v) is 1.09. The summed E-state index contributed by atoms with van der Waals surface area (Å²) < 4.78 is 23.2. The molecule has 0 spiro atoms. The lowest BCUT2D eigenvalue weighted by molar-refractivity contribution is 0.213. The molecule has 0 saturated carbocycles. The number of hydrogen-bond donors (Lipinski definition) is 0. The molecule has 0 amide bonds. The van der Waals surface area contributed by atoms with E-state index in [1.165, 1.54) is 25.3 Å². The van der Waals surface area contributed by atoms with Gasteiger partial charge in [-0.2, -0.15) is 10.5 Å². The van der Waals surface area contributed by atoms with Crippen molar-refractivity contribution in [3.63, 3.8) is 0 Å². The third-order valence-corrected chi connectivity index (χ3v) is 1.94. The third-order valence-electron chi connectivity index (χ3n) is 1.94. The van der Waals surface area contributed by atoms with Crippen molar-refractivity contribution >= 4 is 0 Å². The maximum absolute atomic E-state index is 13.2. The van der Waals surface area contributed by atoms with E-state index in [1.54, 1.807) is 18.2 Å². The van der Waals surface area contributed by atoms with Gasteiger partial charge in [0.1, 0.15) is 18.7 Å². The van der Waals surface area contributed by atoms with Crippen LogP contribution < -0.4 is 4.74 Å². The van der Waals surface area contributed by atoms with Gasteiger partial charge in [-0.05, 0) is 12.1 Å². The number of rotatable bonds is 4. The number of ether oxygens (including phenoxy) is 2. The average Bonchev–Trinajstić information content (AvgIpc) is 2.36. The Labute approximate surface area is 98.1 Å². The van der Waals surface area contributed by atoms with Crippen LogP contribution in [0.5, 0.6) is 5.75 Å². The Morgan fingerprint density at radius 1 is 1.29 bits per heavy atom. The van der Waals surface area contributed by atoms with E-state index in [9.17, 15) is 4.39 Å². The zero-order valence-electron chi connectivity index (χ0n) is 9.11. The number of hydrogen-bond acceptors (Lipinski definition) is 4. The van der Waals surface area contributed by atoms with Crippen molar-refractivity contribution in [2.45, 2.75) is 0 Å². The Bertz CT molecular complexity index is 496. The summed E-state index contributed by atoms with van der Waals surface area (Å²) in [7, 11) is 1.31. The predicted octanol–water partition coefficient (Wildman–Crippen LogP) is 2.15. The molecule has 0 aliphatic rings. The van der Waals surface area contributed by atoms with Crippen LogP contribution >= 0.6 is 0 Å². The molecule has 1 rings (SSSR count). The van der Waals surface area contributed by atoms with Crippen molar-refractivity contribution in [3.05, 3.63) is 41.4 Å². The summed E-state index contributed by atoms with van der Waals surface area (Å²) in [6, 6.07) is 9.19. The van der Waals surface area contributed by atoms with E-state index in [0.29, 0.717) is 0 Å². The van der Waals surface area contributed by atoms with Crippen LogP contribution in [0.4, 0.5) is 4.39 Å². The smallest absolute Gasteiger partial charge is 0.170 e. The van der Waals surface area contributed by atoms with Gasteiger partial charge >= 0.3 is 0 Å². The molecule has 0 heterocycles. The van der Waals surface area contributed by atoms with Gasteiger partial charge in [0, 0.05) is 0 Å². The van der Waals surface area contributed by atoms with Gasteiger partial charge in [-0.1, -0.05) is 12.1 Å². The summed E-state index contributed by atoms with van der Waals surface area (Å²) in [4.78, 5) is 0. The van der Waals surface area contributed by atoms with Crippen LogP contribution in [-0.4, -0.2) is 13.7 Å². The highest BCUT2D eigenvalue weighted by Gasteiger charge is 2.09. The van der Waals surface area contributed by atoms with E-state index in [0.717, 1.165) is 0 Å². The maximum Gasteiger partial charge on any atom is 0.170 e. The number of nitrogens with zero attached hydrogens (tertiary/aromatic N) is 2. The standard InChI is InChI=1S/C12H9FN2O2/c1-16-12(9(6-14)7-15)8-17-11-5-3-2-4-10(11)13/h2-5H,8H2,1H3. The highest BCUT2D eigenvalue weighted by molar-refractivity contribution is 5.38. The minimum Gasteiger partial charge on any atom is -0.495 e. The number of nitriles is 2. The monoisotopic (exact) mass is 232 g/mol. The number of halogens is 1. The molecule has 0 aromatic heterocycles. The van der Waals surface area contributed by atoms with Crippen molar-refractivity contribution in [2.75, 3.05) is 13.7 Å². The largest absolute Gasteiger partial charge is 0.495 e. The molecule has 0 fully saturated rings. The van der Waals surface area contributed by atoms with Gasteiger partial charge in [-0.25, -0.2) is 4.39 Å². The van der Waals surface area contributed by atoms with Crippen molar-refractivity contribution in [1.29, 1.82) is 10.5 Å². The summed E-state index contributed by atoms with van der Waals surface area (Å²) in [6.07, 6.45) is 0. The van der Waals surface area contributed by atoms with E-state index in [4.69, 9.17) is 20.0 Å². The second kappa shape index (κ2) is 6.14. The maximum atomic E-state index is 13.2. The number of allylic oxidation sites excluding steroid dienone is 1. The van der Waals surface area contributed by atoms with Crippen LogP contribution in [0.1, 0.15) is 0 Å². The van der Waals surface area contributed by atoms with Crippen molar-refractivity contribution in [2.24, 2.45) is 0 Å². The Morgan fingerprint density at radius 3 is 2.47 bits per heavy atom. The zero-order valence-corrected chi connectivity index (χ0v) is 9.11. The fraction of sp³-hybridized carbons (Fsp3) is 0.167. The molecule has 1 aromatic carbocycles. The van der Waals surface area contributed by atoms with Gasteiger partial charge in [0.2, 0.25) is 0 Å². The van der Waals surface area contributed by atoms with Gasteiger partial charge < -0.3 is 9.47 Å². The molecule has 0 bridgehead atoms. The molecule has 1 aromatic rings. The first-order valence-corrected chi connectivity index (χ1v) is 4.67. The minimum absolute atomic E-state index is 0.0391. The molecular weight excluding hydrogens is 223 g/mol. The number of methoxy groups -OCH3 is 1. The van der Waals surface area contributed by atoms with Crippen LogP contribution in [0.2, 0.25) is 0 Å². The van der Waals surface area contributed by atoms with Gasteiger partial charge in [0.15, 0.2) is 22.9 Å². The minimum atomic E-state index is -0.515. The van der Waals surface area contributed by atoms with E-state index in [2.05, 4.69) is 0 Å². The van der Waals surface area contributed by atoms with Gasteiger partial charge in [-0.3, -0.25) is 0 Å². The highest BCUT2D eigenvalue weighted by atomic mass is 19.1. The second-order valence-corrected chi connectivity index (χ2v) is 2.95. The number of benzene rings is 1. The molecule has 0 atom stereocenters. The molecule has 5 heteroatoms. The van der Waals surface area contributed by atoms with E-state index < -0.39 is 5.82 Å². The first-order chi connectivity index (χ1) is 8.22. The Balaban J connectivity index is 2.81. The topological polar surface area (TPSA) is 66.0 Å². The van der Waals surface area contributed by atoms with E-state index in [1.807, 2.05) is 0 Å². The summed E-state index contributed by atoms with van der Waals surface area (Å²) in [6.45, 7) is -0.173. The lowest BCUT2D eigenvalue weighted by Crippen LogP contribution is -2.06. The zero-order chi connectivity index (χ0) is 12.7. The Morgan fingerprint density at radius 2 is 1.94 bits per heavy atom. The lowest BCUT2D eigenvalue weighted by Gasteiger charge is -2.09. The SMILES string of the molecule is COC(COc1ccccc1F)=C(C#N)C#N. The van der Waals surface area contributed by atoms with Crippen molar-refractivity contribution in [1.82, 2.24) is 0 Å². The normalized spacial score (nSPS) is 8.71. The molecule has 0 radical (unpaired) electrons. The highest BCUT2D eigenvalue weighted by Crippen LogP contribution is 2.17. The summed E-state index contributed by atoms with van der Waals surface area (Å²) in [5, 5.41) is 17.3. The molecular formula is C12H9FN2O2. The summed E-state index contributed by atoms with van der Waals surface area (Å²) in [5.41, 5.74) is -0.191. The van der Waals surface area contributed by atoms with E-state index in [-0.39, 0.29) is 23.7 Å². The molecule has 86 valence electrons. The lowest BCUT2D eigenvalue weighted by atomic mass is 10.3. The van der Waals surface area contributed by atoms with Crippen LogP contribution in [0.25, 0.3) is 0 Å². The fourth-order valence-electron chi connectivity index (χ4n) is 1.09. The molecule has 0 N–H and O–H groups in total. The third kappa shape index (κ3) is 3.22. The quantitative estimate of drug-likeness (QED) is 0.589. The van der Waals surface area contributed by atoms with Crippen LogP contribution in [0, 0.1) is 28.5 Å². The van der Waals surface area contributed by atoms with E-state index >= 15 is 0 Å². The summed E-state index contributed by atoms with van der Waals surface area (Å²) >= 11 is 0. The molecule has 17 heavy (non-hydrogen) atoms. The Kier molecular flexibility index (Phi) is 4.53. The van der Waals surface area contributed by atoms with Crippen molar-refractivity contribution < 1.29 is 13.9 Å². The van der Waals surface area contributed by atoms with Crippen molar-refractivity contribution in [3.8, 4) is 17.9 Å². The Hall–Kier alpha value is -2.53. The average molecular weight is 232 g/mol. The van der Waals surface area contributed by atoms with Gasteiger partial charge in [0.25, 0.3) is 0 Å². The van der Waals surface area contributed by atoms with Crippen LogP contribution in [0.3, 0.4) is 0 Å². The molecule has 0 aliphatic carbocycles. The summed E-state index contributed by atoms with van der Waals surface area (Å²) in [5.74, 6) is -0.408. The van der Waals surface area contributed by atoms with Gasteiger partial charge in [0.05, 0.1) is 7.11 Å². The molecule has 0 unspecified atom stereocenters. The van der Waals surface area contributed by atoms with Crippen LogP contribution in [-0.2, 0) is 4.74 Å². The first kappa shape index (κ1) is 12.5. The predicted molar refractivity (Wildman–Crippen MR) is 57.2 cm³/mol. The molecule has 0 aliphatic heterocycles. The van der Waals surface area contributed by atoms with Crippen LogP contribution in [0.15, 0.2) is 35.6 Å². The first-order valence-electron chi connectivity index (χ1n) is 4.67. The molecule has 4 nitrogen and oxygen atoms in total. The number of para-hydroxylation sites is 1. The van der Waals surface area contributed by atoms with Gasteiger partial charge in [-0.15, -0.1) is 0 Å². The second-order valence-electron chi connectivity index (χ2n) is 2.95. The molecule has 0 saturated heterocycles.